The summed E-state index contributed by atoms with van der Waals surface area (Å²) in [5.41, 5.74) is 0.811. The number of piperidine rings is 1. The van der Waals surface area contributed by atoms with Gasteiger partial charge in [0.25, 0.3) is 0 Å². The second kappa shape index (κ2) is 2.55. The molecule has 3 heteroatoms. The molecule has 1 spiro atoms. The maximum Gasteiger partial charge on any atom is 0.185 e. The maximum atomic E-state index is 2.47. The first-order valence-electron chi connectivity index (χ1n) is 4.89. The smallest absolute Gasteiger partial charge is 0.185 e. The van der Waals surface area contributed by atoms with E-state index in [1.807, 2.05) is 0 Å². The van der Waals surface area contributed by atoms with Crippen LogP contribution in [0.15, 0.2) is 0 Å². The molecule has 0 N–H and O–H groups in total. The molecule has 1 aliphatic heterocycles. The Bertz CT molecular complexity index is 144. The average Bonchev–Trinajstić information content (AvgIpc) is 1.92. The fourth-order valence-corrected chi connectivity index (χ4v) is 2.92. The highest BCUT2D eigenvalue weighted by Gasteiger charge is 2.42. The lowest BCUT2D eigenvalue weighted by atomic mass is 9.51. The molecule has 1 saturated carbocycles. The van der Waals surface area contributed by atoms with Crippen molar-refractivity contribution in [3.05, 3.63) is 0 Å². The van der Waals surface area contributed by atoms with Crippen molar-refractivity contribution in [2.24, 2.45) is 5.41 Å². The molecule has 1 heterocycles. The van der Waals surface area contributed by atoms with Gasteiger partial charge in [0.15, 0.2) is 7.98 Å². The summed E-state index contributed by atoms with van der Waals surface area (Å²) < 4.78 is 0. The summed E-state index contributed by atoms with van der Waals surface area (Å²) in [5.74, 6) is 1.03. The SMILES string of the molecule is BC1CC2(CCN(B)CC2)C1. The van der Waals surface area contributed by atoms with Gasteiger partial charge in [-0.25, -0.2) is 0 Å². The summed E-state index contributed by atoms with van der Waals surface area (Å²) in [6.07, 6.45) is 5.96. The number of hydrogen-bond donors (Lipinski definition) is 0. The molecule has 0 unspecified atom stereocenters. The summed E-state index contributed by atoms with van der Waals surface area (Å²) in [7, 11) is 4.64. The van der Waals surface area contributed by atoms with Crippen molar-refractivity contribution in [3.63, 3.8) is 0 Å². The third-order valence-electron chi connectivity index (χ3n) is 3.61. The lowest BCUT2D eigenvalue weighted by molar-refractivity contribution is 0.0626. The summed E-state index contributed by atoms with van der Waals surface area (Å²) in [4.78, 5) is 2.47. The minimum absolute atomic E-state index is 0.811. The third kappa shape index (κ3) is 1.35. The Labute approximate surface area is 71.4 Å². The molecule has 0 atom stereocenters. The van der Waals surface area contributed by atoms with Gasteiger partial charge in [0.2, 0.25) is 0 Å². The van der Waals surface area contributed by atoms with E-state index in [9.17, 15) is 0 Å². The lowest BCUT2D eigenvalue weighted by Gasteiger charge is -2.51. The molecule has 0 radical (unpaired) electrons. The second-order valence-electron chi connectivity index (χ2n) is 4.82. The molecule has 2 fully saturated rings. The van der Waals surface area contributed by atoms with Crippen LogP contribution in [0.4, 0.5) is 0 Å². The monoisotopic (exact) mass is 149 g/mol. The first-order valence-corrected chi connectivity index (χ1v) is 4.89. The summed E-state index contributed by atoms with van der Waals surface area (Å²) >= 11 is 0. The maximum absolute atomic E-state index is 2.47. The van der Waals surface area contributed by atoms with E-state index in [-0.39, 0.29) is 0 Å². The molecular formula is C8H17B2N. The topological polar surface area (TPSA) is 3.24 Å². The molecule has 2 rings (SSSR count). The van der Waals surface area contributed by atoms with Crippen LogP contribution in [0.1, 0.15) is 25.7 Å². The molecule has 11 heavy (non-hydrogen) atoms. The van der Waals surface area contributed by atoms with Crippen LogP contribution >= 0.6 is 0 Å². The largest absolute Gasteiger partial charge is 0.349 e. The Morgan fingerprint density at radius 2 is 1.73 bits per heavy atom. The lowest BCUT2D eigenvalue weighted by Crippen LogP contribution is -2.44. The molecule has 1 nitrogen and oxygen atoms in total. The Kier molecular flexibility index (Phi) is 1.79. The van der Waals surface area contributed by atoms with Crippen LogP contribution in [0.25, 0.3) is 0 Å². The first kappa shape index (κ1) is 7.72. The van der Waals surface area contributed by atoms with Crippen molar-refractivity contribution >= 4 is 15.8 Å². The summed E-state index contributed by atoms with van der Waals surface area (Å²) in [6.45, 7) is 2.68. The quantitative estimate of drug-likeness (QED) is 0.432. The molecule has 0 amide bonds. The van der Waals surface area contributed by atoms with Crippen molar-refractivity contribution < 1.29 is 0 Å². The van der Waals surface area contributed by atoms with Gasteiger partial charge >= 0.3 is 0 Å². The molecule has 0 aromatic heterocycles. The number of nitrogens with zero attached hydrogens (tertiary/aromatic N) is 1. The molecule has 1 saturated heterocycles. The van der Waals surface area contributed by atoms with Gasteiger partial charge in [-0.1, -0.05) is 18.7 Å². The Hall–Kier alpha value is 0.0899. The van der Waals surface area contributed by atoms with Crippen LogP contribution in [0, 0.1) is 5.41 Å². The van der Waals surface area contributed by atoms with Gasteiger partial charge in [0, 0.05) is 0 Å². The fourth-order valence-electron chi connectivity index (χ4n) is 2.92. The van der Waals surface area contributed by atoms with Crippen molar-refractivity contribution in [2.75, 3.05) is 13.1 Å². The van der Waals surface area contributed by atoms with E-state index in [0.717, 1.165) is 11.2 Å². The van der Waals surface area contributed by atoms with Crippen molar-refractivity contribution in [3.8, 4) is 0 Å². The predicted octanol–water partition coefficient (Wildman–Crippen LogP) is -0.168. The fraction of sp³-hybridized carbons (Fsp3) is 1.00. The van der Waals surface area contributed by atoms with Gasteiger partial charge in [0.1, 0.15) is 7.85 Å². The molecule has 0 aromatic rings. The summed E-state index contributed by atoms with van der Waals surface area (Å²) in [5, 5.41) is 0. The number of rotatable bonds is 0. The molecular weight excluding hydrogens is 132 g/mol. The number of hydrogen-bond acceptors (Lipinski definition) is 1. The highest BCUT2D eigenvalue weighted by Crippen LogP contribution is 2.53. The minimum atomic E-state index is 0.811. The van der Waals surface area contributed by atoms with E-state index >= 15 is 0 Å². The van der Waals surface area contributed by atoms with Crippen LogP contribution in [0.5, 0.6) is 0 Å². The Morgan fingerprint density at radius 1 is 1.18 bits per heavy atom. The van der Waals surface area contributed by atoms with Crippen molar-refractivity contribution in [1.82, 2.24) is 4.81 Å². The van der Waals surface area contributed by atoms with Crippen LogP contribution in [-0.4, -0.2) is 33.7 Å². The van der Waals surface area contributed by atoms with Gasteiger partial charge in [-0.2, -0.15) is 0 Å². The van der Waals surface area contributed by atoms with E-state index in [4.69, 9.17) is 0 Å². The molecule has 1 aliphatic carbocycles. The van der Waals surface area contributed by atoms with E-state index in [1.54, 1.807) is 0 Å². The second-order valence-corrected chi connectivity index (χ2v) is 4.82. The molecule has 0 bridgehead atoms. The van der Waals surface area contributed by atoms with Gasteiger partial charge in [-0.15, -0.1) is 0 Å². The zero-order valence-electron chi connectivity index (χ0n) is 7.77. The standard InChI is InChI=1S/C8H17B2N/c9-7-5-8(6-7)1-3-11(10)4-2-8/h7H,1-6,9-10H2. The van der Waals surface area contributed by atoms with E-state index < -0.39 is 0 Å². The van der Waals surface area contributed by atoms with Crippen LogP contribution < -0.4 is 0 Å². The van der Waals surface area contributed by atoms with Crippen LogP contribution in [0.2, 0.25) is 5.82 Å². The van der Waals surface area contributed by atoms with Gasteiger partial charge in [0.05, 0.1) is 0 Å². The Balaban J connectivity index is 1.88. The zero-order valence-corrected chi connectivity index (χ0v) is 7.77. The average molecular weight is 149 g/mol. The molecule has 60 valence electrons. The van der Waals surface area contributed by atoms with E-state index in [1.165, 1.54) is 38.8 Å². The normalized spacial score (nSPS) is 32.0. The first-order chi connectivity index (χ1) is 5.20. The van der Waals surface area contributed by atoms with Crippen LogP contribution in [-0.2, 0) is 0 Å². The van der Waals surface area contributed by atoms with Crippen molar-refractivity contribution in [2.45, 2.75) is 31.5 Å². The zero-order chi connectivity index (χ0) is 7.90. The van der Waals surface area contributed by atoms with E-state index in [2.05, 4.69) is 20.6 Å². The molecule has 2 aliphatic rings. The third-order valence-corrected chi connectivity index (χ3v) is 3.61. The van der Waals surface area contributed by atoms with Gasteiger partial charge in [-0.3, -0.25) is 0 Å². The summed E-state index contributed by atoms with van der Waals surface area (Å²) in [6, 6.07) is 0. The minimum Gasteiger partial charge on any atom is -0.349 e. The van der Waals surface area contributed by atoms with Crippen LogP contribution in [0.3, 0.4) is 0 Å². The highest BCUT2D eigenvalue weighted by atomic mass is 15.0. The molecule has 0 aromatic carbocycles. The van der Waals surface area contributed by atoms with Gasteiger partial charge < -0.3 is 4.81 Å². The van der Waals surface area contributed by atoms with Gasteiger partial charge in [-0.05, 0) is 31.3 Å². The highest BCUT2D eigenvalue weighted by molar-refractivity contribution is 6.12. The van der Waals surface area contributed by atoms with Crippen molar-refractivity contribution in [1.29, 1.82) is 0 Å². The Morgan fingerprint density at radius 3 is 2.18 bits per heavy atom. The van der Waals surface area contributed by atoms with E-state index in [0.29, 0.717) is 0 Å². The predicted molar refractivity (Wildman–Crippen MR) is 53.3 cm³/mol.